The molecule has 2 aromatic rings. The number of piperazine rings is 1. The number of ether oxygens (including phenoxy) is 2. The number of amides is 2. The zero-order valence-electron chi connectivity index (χ0n) is 18.4. The molecule has 1 saturated heterocycles. The number of likely N-dealkylation sites (N-methyl/N-ethyl adjacent to an activating group) is 2. The van der Waals surface area contributed by atoms with Crippen LogP contribution in [0.5, 0.6) is 11.5 Å². The number of nitrogens with zero attached hydrogens (tertiary/aromatic N) is 4. The summed E-state index contributed by atoms with van der Waals surface area (Å²) in [6, 6.07) is 6.74. The molecule has 164 valence electrons. The van der Waals surface area contributed by atoms with E-state index in [1.54, 1.807) is 43.6 Å². The summed E-state index contributed by atoms with van der Waals surface area (Å²) in [5, 5.41) is 0. The molecule has 1 aromatic heterocycles. The monoisotopic (exact) mass is 424 g/mol. The van der Waals surface area contributed by atoms with Gasteiger partial charge in [-0.05, 0) is 36.4 Å². The summed E-state index contributed by atoms with van der Waals surface area (Å²) < 4.78 is 10.9. The minimum Gasteiger partial charge on any atom is -0.493 e. The summed E-state index contributed by atoms with van der Waals surface area (Å²) in [7, 11) is 6.88. The van der Waals surface area contributed by atoms with E-state index in [0.717, 1.165) is 18.7 Å². The molecule has 0 spiro atoms. The number of hydrogen-bond donors (Lipinski definition) is 0. The van der Waals surface area contributed by atoms with Gasteiger partial charge in [-0.1, -0.05) is 6.07 Å². The molecular formula is C23H28N4O4. The topological polar surface area (TPSA) is 75.2 Å². The number of fused-ring (bicyclic) bond motifs is 1. The Morgan fingerprint density at radius 3 is 2.35 bits per heavy atom. The average Bonchev–Trinajstić information content (AvgIpc) is 2.81. The number of pyridine rings is 1. The molecule has 31 heavy (non-hydrogen) atoms. The predicted molar refractivity (Wildman–Crippen MR) is 115 cm³/mol. The third-order valence-electron chi connectivity index (χ3n) is 6.28. The van der Waals surface area contributed by atoms with Crippen LogP contribution in [0.1, 0.15) is 33.4 Å². The molecule has 8 nitrogen and oxygen atoms in total. The molecule has 0 saturated carbocycles. The highest BCUT2D eigenvalue weighted by molar-refractivity contribution is 6.02. The second-order valence-electron chi connectivity index (χ2n) is 8.05. The van der Waals surface area contributed by atoms with Crippen LogP contribution in [0, 0.1) is 0 Å². The van der Waals surface area contributed by atoms with E-state index in [9.17, 15) is 9.59 Å². The Hall–Kier alpha value is -3.13. The van der Waals surface area contributed by atoms with Gasteiger partial charge in [0.05, 0.1) is 26.2 Å². The molecule has 2 amide bonds. The molecule has 0 aliphatic carbocycles. The summed E-state index contributed by atoms with van der Waals surface area (Å²) in [6.45, 7) is 2.96. The highest BCUT2D eigenvalue weighted by Gasteiger charge is 2.45. The lowest BCUT2D eigenvalue weighted by Crippen LogP contribution is -2.52. The Bertz CT molecular complexity index is 973. The van der Waals surface area contributed by atoms with Crippen molar-refractivity contribution in [2.24, 2.45) is 0 Å². The third kappa shape index (κ3) is 3.72. The maximum absolute atomic E-state index is 13.9. The van der Waals surface area contributed by atoms with Crippen LogP contribution in [0.25, 0.3) is 0 Å². The third-order valence-corrected chi connectivity index (χ3v) is 6.28. The summed E-state index contributed by atoms with van der Waals surface area (Å²) >= 11 is 0. The van der Waals surface area contributed by atoms with Crippen LogP contribution in [0.3, 0.4) is 0 Å². The van der Waals surface area contributed by atoms with Crippen LogP contribution in [0.4, 0.5) is 0 Å². The largest absolute Gasteiger partial charge is 0.493 e. The van der Waals surface area contributed by atoms with Crippen molar-refractivity contribution in [3.05, 3.63) is 53.3 Å². The molecule has 0 unspecified atom stereocenters. The fourth-order valence-electron chi connectivity index (χ4n) is 4.51. The fraction of sp³-hybridized carbons (Fsp3) is 0.435. The molecule has 1 aromatic carbocycles. The van der Waals surface area contributed by atoms with Crippen molar-refractivity contribution in [2.45, 2.75) is 12.0 Å². The van der Waals surface area contributed by atoms with Crippen LogP contribution < -0.4 is 9.47 Å². The van der Waals surface area contributed by atoms with Gasteiger partial charge < -0.3 is 24.2 Å². The minimum atomic E-state index is -0.565. The zero-order valence-corrected chi connectivity index (χ0v) is 18.4. The van der Waals surface area contributed by atoms with Gasteiger partial charge in [-0.15, -0.1) is 0 Å². The van der Waals surface area contributed by atoms with E-state index in [0.29, 0.717) is 35.7 Å². The van der Waals surface area contributed by atoms with Crippen LogP contribution in [0.2, 0.25) is 0 Å². The molecule has 4 rings (SSSR count). The van der Waals surface area contributed by atoms with Gasteiger partial charge in [-0.25, -0.2) is 0 Å². The van der Waals surface area contributed by atoms with Gasteiger partial charge in [-0.2, -0.15) is 0 Å². The number of aromatic nitrogens is 1. The van der Waals surface area contributed by atoms with Crippen molar-refractivity contribution < 1.29 is 19.1 Å². The highest BCUT2D eigenvalue weighted by atomic mass is 16.5. The molecule has 0 N–H and O–H groups in total. The van der Waals surface area contributed by atoms with Crippen molar-refractivity contribution in [1.29, 1.82) is 0 Å². The summed E-state index contributed by atoms with van der Waals surface area (Å²) in [6.07, 6.45) is 3.41. The van der Waals surface area contributed by atoms with E-state index >= 15 is 0 Å². The number of carbonyl (C=O) groups excluding carboxylic acids is 2. The molecule has 0 bridgehead atoms. The van der Waals surface area contributed by atoms with E-state index in [1.165, 1.54) is 7.11 Å². The fourth-order valence-corrected chi connectivity index (χ4v) is 4.51. The molecule has 8 heteroatoms. The first-order valence-electron chi connectivity index (χ1n) is 10.4. The van der Waals surface area contributed by atoms with Crippen LogP contribution in [-0.4, -0.2) is 86.0 Å². The number of rotatable bonds is 4. The zero-order chi connectivity index (χ0) is 22.1. The van der Waals surface area contributed by atoms with E-state index in [-0.39, 0.29) is 11.8 Å². The molecule has 2 atom stereocenters. The van der Waals surface area contributed by atoms with Crippen LogP contribution in [-0.2, 0) is 4.79 Å². The molecular weight excluding hydrogens is 396 g/mol. The Morgan fingerprint density at radius 2 is 1.74 bits per heavy atom. The first kappa shape index (κ1) is 21.1. The number of hydrogen-bond acceptors (Lipinski definition) is 6. The van der Waals surface area contributed by atoms with Crippen molar-refractivity contribution in [3.63, 3.8) is 0 Å². The Balaban J connectivity index is 1.87. The lowest BCUT2D eigenvalue weighted by molar-refractivity contribution is -0.136. The van der Waals surface area contributed by atoms with Gasteiger partial charge in [0.2, 0.25) is 5.91 Å². The predicted octanol–water partition coefficient (Wildman–Crippen LogP) is 1.78. The molecule has 2 aliphatic rings. The minimum absolute atomic E-state index is 0.00905. The van der Waals surface area contributed by atoms with Gasteiger partial charge in [0.25, 0.3) is 5.91 Å². The van der Waals surface area contributed by atoms with Gasteiger partial charge in [0, 0.05) is 51.2 Å². The Kier molecular flexibility index (Phi) is 5.82. The quantitative estimate of drug-likeness (QED) is 0.745. The highest BCUT2D eigenvalue weighted by Crippen LogP contribution is 2.46. The van der Waals surface area contributed by atoms with E-state index < -0.39 is 12.0 Å². The maximum atomic E-state index is 13.9. The van der Waals surface area contributed by atoms with Crippen molar-refractivity contribution in [2.75, 3.05) is 54.5 Å². The van der Waals surface area contributed by atoms with E-state index in [2.05, 4.69) is 16.9 Å². The van der Waals surface area contributed by atoms with Gasteiger partial charge in [0.1, 0.15) is 0 Å². The first-order chi connectivity index (χ1) is 15.0. The van der Waals surface area contributed by atoms with Gasteiger partial charge >= 0.3 is 0 Å². The summed E-state index contributed by atoms with van der Waals surface area (Å²) in [5.74, 6) is 0.250. The molecule has 2 aliphatic heterocycles. The Labute approximate surface area is 182 Å². The summed E-state index contributed by atoms with van der Waals surface area (Å²) in [5.41, 5.74) is 1.96. The van der Waals surface area contributed by atoms with E-state index in [4.69, 9.17) is 9.47 Å². The molecule has 1 fully saturated rings. The SMILES string of the molecule is COc1cc2c(cc1OC)[C@@H](C(=O)N1CCN(C)CC1)[C@@H](c1cccnc1)N(C)C2=O. The number of benzene rings is 1. The van der Waals surface area contributed by atoms with Crippen molar-refractivity contribution in [3.8, 4) is 11.5 Å². The molecule has 0 radical (unpaired) electrons. The number of methoxy groups -OCH3 is 2. The van der Waals surface area contributed by atoms with Crippen LogP contribution in [0.15, 0.2) is 36.7 Å². The maximum Gasteiger partial charge on any atom is 0.254 e. The van der Waals surface area contributed by atoms with Crippen molar-refractivity contribution in [1.82, 2.24) is 19.7 Å². The van der Waals surface area contributed by atoms with Crippen molar-refractivity contribution >= 4 is 11.8 Å². The van der Waals surface area contributed by atoms with Gasteiger partial charge in [0.15, 0.2) is 11.5 Å². The van der Waals surface area contributed by atoms with Crippen LogP contribution >= 0.6 is 0 Å². The van der Waals surface area contributed by atoms with Gasteiger partial charge in [-0.3, -0.25) is 14.6 Å². The normalized spacial score (nSPS) is 21.6. The standard InChI is InChI=1S/C23H28N4O4/c1-25-8-10-27(11-9-25)23(29)20-16-12-18(30-3)19(31-4)13-17(16)22(28)26(2)21(20)15-6-5-7-24-14-15/h5-7,12-14,20-21H,8-11H2,1-4H3/t20-,21-/m1/s1. The lowest BCUT2D eigenvalue weighted by Gasteiger charge is -2.43. The molecule has 3 heterocycles. The smallest absolute Gasteiger partial charge is 0.254 e. The average molecular weight is 425 g/mol. The number of carbonyl (C=O) groups is 2. The second-order valence-corrected chi connectivity index (χ2v) is 8.05. The lowest BCUT2D eigenvalue weighted by atomic mass is 9.79. The second kappa shape index (κ2) is 8.55. The summed E-state index contributed by atoms with van der Waals surface area (Å²) in [4.78, 5) is 37.2. The van der Waals surface area contributed by atoms with E-state index in [1.807, 2.05) is 17.0 Å². The Morgan fingerprint density at radius 1 is 1.06 bits per heavy atom. The first-order valence-corrected chi connectivity index (χ1v) is 10.4.